The van der Waals surface area contributed by atoms with Crippen molar-refractivity contribution in [2.75, 3.05) is 7.11 Å². The summed E-state index contributed by atoms with van der Waals surface area (Å²) in [5.74, 6) is -0.0685. The van der Waals surface area contributed by atoms with Gasteiger partial charge in [-0.15, -0.1) is 0 Å². The van der Waals surface area contributed by atoms with Crippen molar-refractivity contribution < 1.29 is 13.9 Å². The Bertz CT molecular complexity index is 385. The lowest BCUT2D eigenvalue weighted by Gasteiger charge is -2.17. The SMILES string of the molecule is COc1c(F)ccc2c1CCCC2=O. The standard InChI is InChI=1S/C11H11FO2/c1-14-11-8-3-2-4-10(13)7(8)5-6-9(11)12/h5-6H,2-4H2,1H3. The van der Waals surface area contributed by atoms with Crippen LogP contribution in [0.1, 0.15) is 28.8 Å². The molecule has 2 rings (SSSR count). The van der Waals surface area contributed by atoms with Crippen LogP contribution in [-0.4, -0.2) is 12.9 Å². The predicted molar refractivity (Wildman–Crippen MR) is 50.2 cm³/mol. The summed E-state index contributed by atoms with van der Waals surface area (Å²) in [5.41, 5.74) is 1.35. The summed E-state index contributed by atoms with van der Waals surface area (Å²) in [6.07, 6.45) is 2.06. The van der Waals surface area contributed by atoms with Crippen molar-refractivity contribution >= 4 is 5.78 Å². The number of fused-ring (bicyclic) bond motifs is 1. The molecule has 0 spiro atoms. The van der Waals surface area contributed by atoms with Gasteiger partial charge in [-0.05, 0) is 25.0 Å². The molecule has 2 nitrogen and oxygen atoms in total. The average Bonchev–Trinajstić information content (AvgIpc) is 2.18. The monoisotopic (exact) mass is 194 g/mol. The van der Waals surface area contributed by atoms with Gasteiger partial charge in [0, 0.05) is 17.5 Å². The van der Waals surface area contributed by atoms with Gasteiger partial charge in [0.25, 0.3) is 0 Å². The highest BCUT2D eigenvalue weighted by Crippen LogP contribution is 2.31. The molecule has 0 N–H and O–H groups in total. The van der Waals surface area contributed by atoms with Crippen molar-refractivity contribution in [3.63, 3.8) is 0 Å². The molecule has 1 aromatic carbocycles. The first kappa shape index (κ1) is 9.19. The summed E-state index contributed by atoms with van der Waals surface area (Å²) in [6, 6.07) is 2.84. The molecule has 0 radical (unpaired) electrons. The minimum atomic E-state index is -0.388. The normalized spacial score (nSPS) is 15.1. The fourth-order valence-electron chi connectivity index (χ4n) is 1.89. The number of rotatable bonds is 1. The largest absolute Gasteiger partial charge is 0.493 e. The smallest absolute Gasteiger partial charge is 0.165 e. The zero-order valence-electron chi connectivity index (χ0n) is 7.97. The number of methoxy groups -OCH3 is 1. The van der Waals surface area contributed by atoms with E-state index in [0.29, 0.717) is 12.0 Å². The molecule has 0 fully saturated rings. The van der Waals surface area contributed by atoms with E-state index in [2.05, 4.69) is 0 Å². The van der Waals surface area contributed by atoms with E-state index < -0.39 is 0 Å². The fraction of sp³-hybridized carbons (Fsp3) is 0.364. The molecule has 1 aromatic rings. The van der Waals surface area contributed by atoms with Crippen molar-refractivity contribution in [3.05, 3.63) is 29.1 Å². The maximum absolute atomic E-state index is 13.3. The van der Waals surface area contributed by atoms with E-state index in [1.165, 1.54) is 13.2 Å². The van der Waals surface area contributed by atoms with Crippen molar-refractivity contribution in [1.29, 1.82) is 0 Å². The number of carbonyl (C=O) groups is 1. The zero-order valence-corrected chi connectivity index (χ0v) is 7.97. The van der Waals surface area contributed by atoms with Gasteiger partial charge in [-0.2, -0.15) is 0 Å². The van der Waals surface area contributed by atoms with Crippen LogP contribution in [0.3, 0.4) is 0 Å². The molecule has 14 heavy (non-hydrogen) atoms. The Morgan fingerprint density at radius 2 is 2.14 bits per heavy atom. The van der Waals surface area contributed by atoms with Gasteiger partial charge in [0.15, 0.2) is 17.3 Å². The number of Topliss-reactive ketones (excluding diaryl/α,β-unsaturated/α-hetero) is 1. The van der Waals surface area contributed by atoms with Crippen LogP contribution in [0.4, 0.5) is 4.39 Å². The second-order valence-corrected chi connectivity index (χ2v) is 3.38. The van der Waals surface area contributed by atoms with Gasteiger partial charge in [0.1, 0.15) is 0 Å². The molecule has 0 bridgehead atoms. The first-order valence-electron chi connectivity index (χ1n) is 4.62. The van der Waals surface area contributed by atoms with E-state index in [9.17, 15) is 9.18 Å². The molecule has 0 aliphatic heterocycles. The molecule has 0 aromatic heterocycles. The van der Waals surface area contributed by atoms with Gasteiger partial charge in [0.2, 0.25) is 0 Å². The quantitative estimate of drug-likeness (QED) is 0.686. The van der Waals surface area contributed by atoms with E-state index in [0.717, 1.165) is 18.4 Å². The summed E-state index contributed by atoms with van der Waals surface area (Å²) in [7, 11) is 1.43. The van der Waals surface area contributed by atoms with Gasteiger partial charge >= 0.3 is 0 Å². The lowest BCUT2D eigenvalue weighted by molar-refractivity contribution is 0.0971. The third-order valence-corrected chi connectivity index (χ3v) is 2.55. The van der Waals surface area contributed by atoms with Crippen LogP contribution in [0.2, 0.25) is 0 Å². The third kappa shape index (κ3) is 1.29. The lowest BCUT2D eigenvalue weighted by atomic mass is 9.90. The minimum absolute atomic E-state index is 0.0875. The summed E-state index contributed by atoms with van der Waals surface area (Å²) in [5, 5.41) is 0. The summed E-state index contributed by atoms with van der Waals surface area (Å²) < 4.78 is 18.2. The minimum Gasteiger partial charge on any atom is -0.493 e. The maximum atomic E-state index is 13.3. The molecule has 0 amide bonds. The van der Waals surface area contributed by atoms with E-state index in [1.807, 2.05) is 0 Å². The van der Waals surface area contributed by atoms with E-state index in [1.54, 1.807) is 6.07 Å². The topological polar surface area (TPSA) is 26.3 Å². The van der Waals surface area contributed by atoms with Gasteiger partial charge in [0.05, 0.1) is 7.11 Å². The molecule has 0 heterocycles. The Balaban J connectivity index is 2.61. The highest BCUT2D eigenvalue weighted by atomic mass is 19.1. The first-order chi connectivity index (χ1) is 6.74. The Kier molecular flexibility index (Phi) is 2.23. The molecular formula is C11H11FO2. The average molecular weight is 194 g/mol. The molecule has 1 aliphatic rings. The molecule has 0 saturated heterocycles. The molecule has 0 atom stereocenters. The van der Waals surface area contributed by atoms with Crippen LogP contribution in [0.25, 0.3) is 0 Å². The Morgan fingerprint density at radius 3 is 2.86 bits per heavy atom. The van der Waals surface area contributed by atoms with Crippen LogP contribution >= 0.6 is 0 Å². The van der Waals surface area contributed by atoms with Gasteiger partial charge in [-0.25, -0.2) is 4.39 Å². The number of halogens is 1. The van der Waals surface area contributed by atoms with Crippen LogP contribution in [0.15, 0.2) is 12.1 Å². The van der Waals surface area contributed by atoms with Crippen LogP contribution in [0.5, 0.6) is 5.75 Å². The van der Waals surface area contributed by atoms with E-state index in [4.69, 9.17) is 4.74 Å². The number of benzene rings is 1. The molecule has 74 valence electrons. The van der Waals surface area contributed by atoms with Gasteiger partial charge < -0.3 is 4.74 Å². The Hall–Kier alpha value is -1.38. The first-order valence-corrected chi connectivity index (χ1v) is 4.62. The molecule has 0 saturated carbocycles. The van der Waals surface area contributed by atoms with E-state index in [-0.39, 0.29) is 17.3 Å². The Morgan fingerprint density at radius 1 is 1.36 bits per heavy atom. The second-order valence-electron chi connectivity index (χ2n) is 3.38. The van der Waals surface area contributed by atoms with Crippen molar-refractivity contribution in [3.8, 4) is 5.75 Å². The Labute approximate surface area is 81.7 Å². The third-order valence-electron chi connectivity index (χ3n) is 2.55. The number of hydrogen-bond acceptors (Lipinski definition) is 2. The molecule has 3 heteroatoms. The summed E-state index contributed by atoms with van der Waals surface area (Å²) in [6.45, 7) is 0. The van der Waals surface area contributed by atoms with E-state index >= 15 is 0 Å². The highest BCUT2D eigenvalue weighted by molar-refractivity contribution is 5.99. The summed E-state index contributed by atoms with van der Waals surface area (Å²) in [4.78, 5) is 11.5. The van der Waals surface area contributed by atoms with Crippen LogP contribution < -0.4 is 4.74 Å². The van der Waals surface area contributed by atoms with Crippen LogP contribution in [0, 0.1) is 5.82 Å². The second kappa shape index (κ2) is 3.40. The van der Waals surface area contributed by atoms with Crippen molar-refractivity contribution in [1.82, 2.24) is 0 Å². The number of carbonyl (C=O) groups excluding carboxylic acids is 1. The predicted octanol–water partition coefficient (Wildman–Crippen LogP) is 2.35. The molecular weight excluding hydrogens is 183 g/mol. The summed E-state index contributed by atoms with van der Waals surface area (Å²) >= 11 is 0. The molecule has 0 unspecified atom stereocenters. The number of ketones is 1. The van der Waals surface area contributed by atoms with Crippen LogP contribution in [-0.2, 0) is 6.42 Å². The van der Waals surface area contributed by atoms with Crippen molar-refractivity contribution in [2.45, 2.75) is 19.3 Å². The molecule has 1 aliphatic carbocycles. The fourth-order valence-corrected chi connectivity index (χ4v) is 1.89. The maximum Gasteiger partial charge on any atom is 0.165 e. The van der Waals surface area contributed by atoms with Gasteiger partial charge in [-0.3, -0.25) is 4.79 Å². The zero-order chi connectivity index (χ0) is 10.1. The number of ether oxygens (including phenoxy) is 1. The van der Waals surface area contributed by atoms with Crippen molar-refractivity contribution in [2.24, 2.45) is 0 Å². The highest BCUT2D eigenvalue weighted by Gasteiger charge is 2.22. The number of hydrogen-bond donors (Lipinski definition) is 0. The lowest BCUT2D eigenvalue weighted by Crippen LogP contribution is -2.12. The van der Waals surface area contributed by atoms with Gasteiger partial charge in [-0.1, -0.05) is 0 Å².